The highest BCUT2D eigenvalue weighted by Gasteiger charge is 2.35. The number of hydrogen-bond acceptors (Lipinski definition) is 5. The van der Waals surface area contributed by atoms with E-state index in [0.717, 1.165) is 0 Å². The van der Waals surface area contributed by atoms with Gasteiger partial charge < -0.3 is 15.6 Å². The number of piperidine rings is 1. The van der Waals surface area contributed by atoms with E-state index < -0.39 is 15.8 Å². The normalized spacial score (nSPS) is 17.3. The highest BCUT2D eigenvalue weighted by Crippen LogP contribution is 2.38. The molecule has 0 saturated carbocycles. The third-order valence-corrected chi connectivity index (χ3v) is 6.65. The largest absolute Gasteiger partial charge is 0.384 e. The molecule has 1 aliphatic rings. The zero-order valence-corrected chi connectivity index (χ0v) is 15.1. The first-order chi connectivity index (χ1) is 12.8. The molecule has 3 N–H and O–H groups in total. The van der Waals surface area contributed by atoms with Gasteiger partial charge in [-0.25, -0.2) is 17.2 Å². The summed E-state index contributed by atoms with van der Waals surface area (Å²) in [5.74, 6) is -2.68. The number of benzene rings is 1. The van der Waals surface area contributed by atoms with Crippen molar-refractivity contribution in [3.8, 4) is 0 Å². The van der Waals surface area contributed by atoms with Crippen molar-refractivity contribution in [2.75, 3.05) is 23.7 Å². The molecule has 27 heavy (non-hydrogen) atoms. The maximum atomic E-state index is 13.5. The number of hydrogen-bond donors (Lipinski definition) is 2. The Morgan fingerprint density at radius 3 is 2.44 bits per heavy atom. The molecule has 6 nitrogen and oxygen atoms in total. The molecule has 4 rings (SSSR count). The van der Waals surface area contributed by atoms with Gasteiger partial charge in [0.2, 0.25) is 9.84 Å². The Hall–Kier alpha value is -2.68. The lowest BCUT2D eigenvalue weighted by Crippen LogP contribution is -2.39. The Labute approximate surface area is 154 Å². The van der Waals surface area contributed by atoms with Gasteiger partial charge in [-0.3, -0.25) is 4.98 Å². The van der Waals surface area contributed by atoms with Gasteiger partial charge in [-0.05, 0) is 18.2 Å². The fraction of sp³-hybridized carbons (Fsp3) is 0.278. The van der Waals surface area contributed by atoms with Crippen LogP contribution in [0.1, 0.15) is 12.8 Å². The molecule has 0 atom stereocenters. The molecule has 1 saturated heterocycles. The Bertz CT molecular complexity index is 1090. The predicted molar refractivity (Wildman–Crippen MR) is 98.8 cm³/mol. The van der Waals surface area contributed by atoms with Gasteiger partial charge in [-0.2, -0.15) is 0 Å². The van der Waals surface area contributed by atoms with Crippen molar-refractivity contribution in [2.24, 2.45) is 0 Å². The van der Waals surface area contributed by atoms with Gasteiger partial charge in [0.25, 0.3) is 5.92 Å². The second-order valence-corrected chi connectivity index (χ2v) is 8.47. The Balaban J connectivity index is 1.83. The fourth-order valence-electron chi connectivity index (χ4n) is 3.39. The molecule has 0 bridgehead atoms. The standard InChI is InChI=1S/C18H18F2N4O2S/c19-18(20)7-10-24(11-8-18)13-6-9-22-15-14(13)23-17(21)16(15)27(25,26)12-4-2-1-3-5-12/h1-6,9,23H,7-8,10-11,21H2. The lowest BCUT2D eigenvalue weighted by atomic mass is 10.1. The topological polar surface area (TPSA) is 92.1 Å². The zero-order chi connectivity index (χ0) is 19.2. The minimum absolute atomic E-state index is 0.0175. The molecule has 9 heteroatoms. The van der Waals surface area contributed by atoms with Crippen LogP contribution in [-0.2, 0) is 9.84 Å². The smallest absolute Gasteiger partial charge is 0.251 e. The van der Waals surface area contributed by atoms with Crippen molar-refractivity contribution in [3.63, 3.8) is 0 Å². The summed E-state index contributed by atoms with van der Waals surface area (Å²) in [6.07, 6.45) is 0.978. The number of rotatable bonds is 3. The number of anilines is 2. The number of nitrogens with one attached hydrogen (secondary N) is 1. The molecule has 0 spiro atoms. The van der Waals surface area contributed by atoms with Crippen molar-refractivity contribution in [1.29, 1.82) is 0 Å². The van der Waals surface area contributed by atoms with Gasteiger partial charge >= 0.3 is 0 Å². The number of H-pyrrole nitrogens is 1. The second kappa shape index (κ2) is 6.19. The quantitative estimate of drug-likeness (QED) is 0.714. The van der Waals surface area contributed by atoms with Crippen LogP contribution in [0.2, 0.25) is 0 Å². The van der Waals surface area contributed by atoms with Crippen LogP contribution in [0.5, 0.6) is 0 Å². The third kappa shape index (κ3) is 3.01. The van der Waals surface area contributed by atoms with Crippen LogP contribution in [0.15, 0.2) is 52.4 Å². The summed E-state index contributed by atoms with van der Waals surface area (Å²) < 4.78 is 53.0. The average molecular weight is 392 g/mol. The van der Waals surface area contributed by atoms with Crippen LogP contribution in [0.25, 0.3) is 11.0 Å². The molecule has 0 unspecified atom stereocenters. The van der Waals surface area contributed by atoms with Crippen molar-refractivity contribution in [1.82, 2.24) is 9.97 Å². The van der Waals surface area contributed by atoms with E-state index in [1.54, 1.807) is 29.2 Å². The molecule has 1 aromatic carbocycles. The number of alkyl halides is 2. The van der Waals surface area contributed by atoms with Crippen molar-refractivity contribution in [2.45, 2.75) is 28.6 Å². The highest BCUT2D eigenvalue weighted by atomic mass is 32.2. The van der Waals surface area contributed by atoms with Crippen LogP contribution in [0.3, 0.4) is 0 Å². The second-order valence-electron chi connectivity index (χ2n) is 6.58. The molecule has 142 valence electrons. The number of nitrogens with zero attached hydrogens (tertiary/aromatic N) is 2. The van der Waals surface area contributed by atoms with Crippen LogP contribution in [0.4, 0.5) is 20.3 Å². The highest BCUT2D eigenvalue weighted by molar-refractivity contribution is 7.92. The van der Waals surface area contributed by atoms with Crippen LogP contribution in [-0.4, -0.2) is 37.4 Å². The summed E-state index contributed by atoms with van der Waals surface area (Å²) >= 11 is 0. The number of halogens is 2. The minimum Gasteiger partial charge on any atom is -0.384 e. The summed E-state index contributed by atoms with van der Waals surface area (Å²) in [7, 11) is -3.88. The first-order valence-electron chi connectivity index (χ1n) is 8.49. The van der Waals surface area contributed by atoms with Crippen LogP contribution >= 0.6 is 0 Å². The maximum absolute atomic E-state index is 13.5. The van der Waals surface area contributed by atoms with Gasteiger partial charge in [0.05, 0.1) is 16.1 Å². The molecule has 1 fully saturated rings. The van der Waals surface area contributed by atoms with E-state index in [0.29, 0.717) is 11.2 Å². The Morgan fingerprint density at radius 2 is 1.78 bits per heavy atom. The van der Waals surface area contributed by atoms with E-state index in [2.05, 4.69) is 9.97 Å². The fourth-order valence-corrected chi connectivity index (χ4v) is 4.89. The summed E-state index contributed by atoms with van der Waals surface area (Å²) in [4.78, 5) is 8.93. The van der Waals surface area contributed by atoms with E-state index in [4.69, 9.17) is 5.73 Å². The van der Waals surface area contributed by atoms with E-state index in [-0.39, 0.29) is 47.1 Å². The Kier molecular flexibility index (Phi) is 4.06. The van der Waals surface area contributed by atoms with E-state index in [9.17, 15) is 17.2 Å². The summed E-state index contributed by atoms with van der Waals surface area (Å²) in [6.45, 7) is 0.345. The molecular weight excluding hydrogens is 374 g/mol. The van der Waals surface area contributed by atoms with Gasteiger partial charge in [0.15, 0.2) is 0 Å². The summed E-state index contributed by atoms with van der Waals surface area (Å²) in [5, 5.41) is 0. The number of sulfone groups is 1. The van der Waals surface area contributed by atoms with E-state index >= 15 is 0 Å². The molecule has 1 aliphatic heterocycles. The number of nitrogens with two attached hydrogens (primary N) is 1. The molecule has 0 amide bonds. The SMILES string of the molecule is Nc1[nH]c2c(N3CCC(F)(F)CC3)ccnc2c1S(=O)(=O)c1ccccc1. The molecule has 0 aliphatic carbocycles. The Morgan fingerprint density at radius 1 is 1.11 bits per heavy atom. The number of nitrogen functional groups attached to an aromatic ring is 1. The molecule has 3 aromatic rings. The van der Waals surface area contributed by atoms with E-state index in [1.165, 1.54) is 18.3 Å². The minimum atomic E-state index is -3.88. The molecule has 0 radical (unpaired) electrons. The first kappa shape index (κ1) is 17.7. The lowest BCUT2D eigenvalue weighted by Gasteiger charge is -2.33. The third-order valence-electron chi connectivity index (χ3n) is 4.81. The van der Waals surface area contributed by atoms with Gasteiger partial charge in [0.1, 0.15) is 16.2 Å². The van der Waals surface area contributed by atoms with Gasteiger partial charge in [-0.15, -0.1) is 0 Å². The zero-order valence-electron chi connectivity index (χ0n) is 14.3. The van der Waals surface area contributed by atoms with Crippen LogP contribution < -0.4 is 10.6 Å². The lowest BCUT2D eigenvalue weighted by molar-refractivity contribution is -0.0220. The van der Waals surface area contributed by atoms with Crippen molar-refractivity contribution < 1.29 is 17.2 Å². The average Bonchev–Trinajstić information content (AvgIpc) is 2.99. The number of aromatic amines is 1. The molecular formula is C18H18F2N4O2S. The maximum Gasteiger partial charge on any atom is 0.251 e. The van der Waals surface area contributed by atoms with Crippen LogP contribution in [0, 0.1) is 0 Å². The van der Waals surface area contributed by atoms with E-state index in [1.807, 2.05) is 0 Å². The summed E-state index contributed by atoms with van der Waals surface area (Å²) in [5.41, 5.74) is 7.28. The molecule has 2 aromatic heterocycles. The monoisotopic (exact) mass is 392 g/mol. The van der Waals surface area contributed by atoms with Gasteiger partial charge in [0, 0.05) is 32.1 Å². The van der Waals surface area contributed by atoms with Crippen molar-refractivity contribution >= 4 is 32.4 Å². The molecule has 3 heterocycles. The number of aromatic nitrogens is 2. The van der Waals surface area contributed by atoms with Gasteiger partial charge in [-0.1, -0.05) is 18.2 Å². The number of pyridine rings is 1. The first-order valence-corrected chi connectivity index (χ1v) is 9.97. The summed E-state index contributed by atoms with van der Waals surface area (Å²) in [6, 6.07) is 9.64. The number of fused-ring (bicyclic) bond motifs is 1. The predicted octanol–water partition coefficient (Wildman–Crippen LogP) is 3.21. The van der Waals surface area contributed by atoms with Crippen molar-refractivity contribution in [3.05, 3.63) is 42.6 Å².